The van der Waals surface area contributed by atoms with Gasteiger partial charge in [-0.3, -0.25) is 0 Å². The van der Waals surface area contributed by atoms with Crippen LogP contribution in [0.15, 0.2) is 12.2 Å². The lowest BCUT2D eigenvalue weighted by Crippen LogP contribution is -2.21. The van der Waals surface area contributed by atoms with Crippen LogP contribution in [0.1, 0.15) is 52.4 Å². The molecule has 0 heterocycles. The molecule has 0 radical (unpaired) electrons. The first kappa shape index (κ1) is 11.8. The predicted octanol–water partition coefficient (Wildman–Crippen LogP) is 3.53. The minimum absolute atomic E-state index is 0.130. The van der Waals surface area contributed by atoms with Gasteiger partial charge in [0.25, 0.3) is 0 Å². The first-order chi connectivity index (χ1) is 6.74. The summed E-state index contributed by atoms with van der Waals surface area (Å²) in [5, 5.41) is 9.95. The Morgan fingerprint density at radius 2 is 1.93 bits per heavy atom. The first-order valence-electron chi connectivity index (χ1n) is 6.05. The molecule has 1 rings (SSSR count). The second kappa shape index (κ2) is 6.23. The number of rotatable bonds is 4. The van der Waals surface area contributed by atoms with E-state index in [1.165, 1.54) is 32.1 Å². The molecule has 0 aromatic heterocycles. The monoisotopic (exact) mass is 196 g/mol. The number of allylic oxidation sites excluding steroid dienone is 1. The maximum absolute atomic E-state index is 9.95. The molecule has 1 heteroatoms. The van der Waals surface area contributed by atoms with Gasteiger partial charge in [-0.15, -0.1) is 0 Å². The molecule has 0 saturated heterocycles. The van der Waals surface area contributed by atoms with E-state index in [4.69, 9.17) is 0 Å². The number of aliphatic hydroxyl groups excluding tert-OH is 1. The highest BCUT2D eigenvalue weighted by Crippen LogP contribution is 2.28. The lowest BCUT2D eigenvalue weighted by Gasteiger charge is -2.25. The zero-order valence-electron chi connectivity index (χ0n) is 9.58. The molecule has 82 valence electrons. The maximum atomic E-state index is 9.95. The van der Waals surface area contributed by atoms with Crippen LogP contribution in [0.3, 0.4) is 0 Å². The Labute approximate surface area is 88.2 Å². The van der Waals surface area contributed by atoms with Crippen molar-refractivity contribution in [2.45, 2.75) is 58.5 Å². The van der Waals surface area contributed by atoms with Crippen LogP contribution in [0.25, 0.3) is 0 Å². The van der Waals surface area contributed by atoms with Crippen molar-refractivity contribution in [1.29, 1.82) is 0 Å². The standard InChI is InChI=1S/C13H24O/c1-3-7-11(2)13(14)10-12-8-5-4-6-9-12/h3,7,11-14H,4-6,8-10H2,1-2H3/b7-3+/t11-,13-/m1/s1. The molecule has 0 bridgehead atoms. The second-order valence-electron chi connectivity index (χ2n) is 4.69. The highest BCUT2D eigenvalue weighted by atomic mass is 16.3. The molecule has 1 fully saturated rings. The van der Waals surface area contributed by atoms with E-state index in [2.05, 4.69) is 13.0 Å². The fourth-order valence-corrected chi connectivity index (χ4v) is 2.41. The van der Waals surface area contributed by atoms with Gasteiger partial charge in [-0.05, 0) is 25.2 Å². The van der Waals surface area contributed by atoms with Gasteiger partial charge >= 0.3 is 0 Å². The third-order valence-electron chi connectivity index (χ3n) is 3.40. The van der Waals surface area contributed by atoms with Gasteiger partial charge in [0.1, 0.15) is 0 Å². The molecule has 14 heavy (non-hydrogen) atoms. The zero-order valence-corrected chi connectivity index (χ0v) is 9.58. The van der Waals surface area contributed by atoms with Crippen LogP contribution in [0.4, 0.5) is 0 Å². The van der Waals surface area contributed by atoms with Crippen LogP contribution in [0.5, 0.6) is 0 Å². The van der Waals surface area contributed by atoms with E-state index in [1.54, 1.807) is 0 Å². The molecule has 0 aromatic rings. The summed E-state index contributed by atoms with van der Waals surface area (Å²) in [5.41, 5.74) is 0. The van der Waals surface area contributed by atoms with Crippen molar-refractivity contribution in [3.63, 3.8) is 0 Å². The predicted molar refractivity (Wildman–Crippen MR) is 61.2 cm³/mol. The van der Waals surface area contributed by atoms with Crippen molar-refractivity contribution in [3.05, 3.63) is 12.2 Å². The molecule has 0 unspecified atom stereocenters. The van der Waals surface area contributed by atoms with E-state index < -0.39 is 0 Å². The Hall–Kier alpha value is -0.300. The quantitative estimate of drug-likeness (QED) is 0.682. The van der Waals surface area contributed by atoms with E-state index in [0.29, 0.717) is 5.92 Å². The fourth-order valence-electron chi connectivity index (χ4n) is 2.41. The van der Waals surface area contributed by atoms with Gasteiger partial charge in [0, 0.05) is 0 Å². The van der Waals surface area contributed by atoms with Crippen molar-refractivity contribution >= 4 is 0 Å². The van der Waals surface area contributed by atoms with Crippen LogP contribution < -0.4 is 0 Å². The third kappa shape index (κ3) is 3.83. The van der Waals surface area contributed by atoms with Crippen LogP contribution in [0, 0.1) is 11.8 Å². The van der Waals surface area contributed by atoms with Gasteiger partial charge in [-0.2, -0.15) is 0 Å². The van der Waals surface area contributed by atoms with E-state index in [0.717, 1.165) is 12.3 Å². The zero-order chi connectivity index (χ0) is 10.4. The molecular weight excluding hydrogens is 172 g/mol. The molecular formula is C13H24O. The Balaban J connectivity index is 2.27. The van der Waals surface area contributed by atoms with Crippen LogP contribution >= 0.6 is 0 Å². The van der Waals surface area contributed by atoms with Crippen molar-refractivity contribution in [1.82, 2.24) is 0 Å². The molecule has 0 spiro atoms. The summed E-state index contributed by atoms with van der Waals surface area (Å²) >= 11 is 0. The Morgan fingerprint density at radius 3 is 2.50 bits per heavy atom. The molecule has 1 aliphatic rings. The molecule has 1 aliphatic carbocycles. The number of hydrogen-bond acceptors (Lipinski definition) is 1. The first-order valence-corrected chi connectivity index (χ1v) is 6.05. The maximum Gasteiger partial charge on any atom is 0.0602 e. The average Bonchev–Trinajstić information content (AvgIpc) is 2.19. The molecule has 1 N–H and O–H groups in total. The van der Waals surface area contributed by atoms with Crippen molar-refractivity contribution in [2.24, 2.45) is 11.8 Å². The van der Waals surface area contributed by atoms with E-state index in [9.17, 15) is 5.11 Å². The van der Waals surface area contributed by atoms with E-state index >= 15 is 0 Å². The summed E-state index contributed by atoms with van der Waals surface area (Å²) in [4.78, 5) is 0. The SMILES string of the molecule is C/C=C/[C@@H](C)[C@H](O)CC1CCCCC1. The van der Waals surface area contributed by atoms with E-state index in [-0.39, 0.29) is 6.10 Å². The molecule has 0 amide bonds. The fraction of sp³-hybridized carbons (Fsp3) is 0.846. The molecule has 1 nitrogen and oxygen atoms in total. The topological polar surface area (TPSA) is 20.2 Å². The van der Waals surface area contributed by atoms with Gasteiger partial charge in [-0.25, -0.2) is 0 Å². The highest BCUT2D eigenvalue weighted by molar-refractivity contribution is 4.88. The summed E-state index contributed by atoms with van der Waals surface area (Å²) in [6.07, 6.45) is 11.8. The van der Waals surface area contributed by atoms with Gasteiger partial charge in [0.05, 0.1) is 6.10 Å². The Kier molecular flexibility index (Phi) is 5.24. The molecule has 0 aromatic carbocycles. The van der Waals surface area contributed by atoms with E-state index in [1.807, 2.05) is 13.0 Å². The molecule has 1 saturated carbocycles. The highest BCUT2D eigenvalue weighted by Gasteiger charge is 2.19. The van der Waals surface area contributed by atoms with Crippen molar-refractivity contribution in [3.8, 4) is 0 Å². The third-order valence-corrected chi connectivity index (χ3v) is 3.40. The average molecular weight is 196 g/mol. The molecule has 2 atom stereocenters. The minimum atomic E-state index is -0.130. The number of hydrogen-bond donors (Lipinski definition) is 1. The van der Waals surface area contributed by atoms with Crippen LogP contribution in [0.2, 0.25) is 0 Å². The van der Waals surface area contributed by atoms with Crippen molar-refractivity contribution in [2.75, 3.05) is 0 Å². The lowest BCUT2D eigenvalue weighted by molar-refractivity contribution is 0.0989. The van der Waals surface area contributed by atoms with Gasteiger partial charge in [0.2, 0.25) is 0 Å². The normalized spacial score (nSPS) is 23.9. The summed E-state index contributed by atoms with van der Waals surface area (Å²) < 4.78 is 0. The van der Waals surface area contributed by atoms with Gasteiger partial charge < -0.3 is 5.11 Å². The Morgan fingerprint density at radius 1 is 1.29 bits per heavy atom. The summed E-state index contributed by atoms with van der Waals surface area (Å²) in [6.45, 7) is 4.12. The lowest BCUT2D eigenvalue weighted by atomic mass is 9.83. The van der Waals surface area contributed by atoms with Gasteiger partial charge in [-0.1, -0.05) is 51.2 Å². The van der Waals surface area contributed by atoms with Crippen LogP contribution in [-0.2, 0) is 0 Å². The minimum Gasteiger partial charge on any atom is -0.393 e. The number of aliphatic hydroxyl groups is 1. The summed E-state index contributed by atoms with van der Waals surface area (Å²) in [5.74, 6) is 1.10. The van der Waals surface area contributed by atoms with Crippen molar-refractivity contribution < 1.29 is 5.11 Å². The van der Waals surface area contributed by atoms with Crippen LogP contribution in [-0.4, -0.2) is 11.2 Å². The largest absolute Gasteiger partial charge is 0.393 e. The van der Waals surface area contributed by atoms with Gasteiger partial charge in [0.15, 0.2) is 0 Å². The second-order valence-corrected chi connectivity index (χ2v) is 4.69. The molecule has 0 aliphatic heterocycles. The Bertz CT molecular complexity index is 168. The summed E-state index contributed by atoms with van der Waals surface area (Å²) in [7, 11) is 0. The smallest absolute Gasteiger partial charge is 0.0602 e. The summed E-state index contributed by atoms with van der Waals surface area (Å²) in [6, 6.07) is 0.